The summed E-state index contributed by atoms with van der Waals surface area (Å²) in [6.07, 6.45) is 3.06. The number of fused-ring (bicyclic) bond motifs is 1. The van der Waals surface area contributed by atoms with Crippen molar-refractivity contribution in [2.45, 2.75) is 13.8 Å². The molecule has 3 rings (SSSR count). The first-order valence-electron chi connectivity index (χ1n) is 7.86. The monoisotopic (exact) mass is 334 g/mol. The second kappa shape index (κ2) is 7.05. The Hall–Kier alpha value is -3.34. The standard InChI is InChI=1S/C20H18N2O3/c1-13-3-9-19-15(11-13)12-18(25-19)8-10-20(24)22-17-6-4-16(5-7-17)21-14(2)23/h3-12H,1-2H3,(H,21,23)(H,22,24)/b10-8+. The Balaban J connectivity index is 1.64. The van der Waals surface area contributed by atoms with Crippen LogP contribution in [-0.2, 0) is 9.59 Å². The summed E-state index contributed by atoms with van der Waals surface area (Å²) >= 11 is 0. The number of aryl methyl sites for hydroxylation is 1. The van der Waals surface area contributed by atoms with Gasteiger partial charge in [0.1, 0.15) is 11.3 Å². The number of rotatable bonds is 4. The van der Waals surface area contributed by atoms with E-state index in [1.807, 2.05) is 31.2 Å². The molecule has 1 heterocycles. The van der Waals surface area contributed by atoms with Crippen LogP contribution in [0.3, 0.4) is 0 Å². The number of carbonyl (C=O) groups excluding carboxylic acids is 2. The molecule has 5 heteroatoms. The Morgan fingerprint density at radius 2 is 1.64 bits per heavy atom. The van der Waals surface area contributed by atoms with Crippen LogP contribution in [0.25, 0.3) is 17.0 Å². The zero-order valence-corrected chi connectivity index (χ0v) is 14.0. The highest BCUT2D eigenvalue weighted by Gasteiger charge is 2.03. The van der Waals surface area contributed by atoms with Crippen LogP contribution in [-0.4, -0.2) is 11.8 Å². The van der Waals surface area contributed by atoms with E-state index in [0.717, 1.165) is 16.5 Å². The molecule has 0 saturated carbocycles. The molecule has 0 atom stereocenters. The van der Waals surface area contributed by atoms with Gasteiger partial charge in [-0.1, -0.05) is 11.6 Å². The first-order chi connectivity index (χ1) is 12.0. The third kappa shape index (κ3) is 4.35. The highest BCUT2D eigenvalue weighted by molar-refractivity contribution is 6.02. The first kappa shape index (κ1) is 16.5. The summed E-state index contributed by atoms with van der Waals surface area (Å²) in [6, 6.07) is 14.7. The first-order valence-corrected chi connectivity index (χ1v) is 7.86. The van der Waals surface area contributed by atoms with Gasteiger partial charge >= 0.3 is 0 Å². The predicted molar refractivity (Wildman–Crippen MR) is 99.4 cm³/mol. The molecule has 3 aromatic rings. The highest BCUT2D eigenvalue weighted by Crippen LogP contribution is 2.21. The minimum Gasteiger partial charge on any atom is -0.457 e. The van der Waals surface area contributed by atoms with E-state index >= 15 is 0 Å². The molecule has 0 aliphatic heterocycles. The molecule has 0 aliphatic rings. The number of benzene rings is 2. The van der Waals surface area contributed by atoms with E-state index in [2.05, 4.69) is 10.6 Å². The fourth-order valence-electron chi connectivity index (χ4n) is 2.45. The van der Waals surface area contributed by atoms with Gasteiger partial charge in [-0.05, 0) is 55.5 Å². The third-order valence-corrected chi connectivity index (χ3v) is 3.56. The van der Waals surface area contributed by atoms with E-state index in [0.29, 0.717) is 17.1 Å². The fourth-order valence-corrected chi connectivity index (χ4v) is 2.45. The molecular formula is C20H18N2O3. The summed E-state index contributed by atoms with van der Waals surface area (Å²) in [4.78, 5) is 23.0. The fraction of sp³-hybridized carbons (Fsp3) is 0.100. The summed E-state index contributed by atoms with van der Waals surface area (Å²) < 4.78 is 5.67. The van der Waals surface area contributed by atoms with Crippen molar-refractivity contribution in [1.82, 2.24) is 0 Å². The van der Waals surface area contributed by atoms with Crippen LogP contribution in [0.15, 0.2) is 59.0 Å². The minimum absolute atomic E-state index is 0.138. The zero-order chi connectivity index (χ0) is 17.8. The smallest absolute Gasteiger partial charge is 0.248 e. The lowest BCUT2D eigenvalue weighted by molar-refractivity contribution is -0.114. The zero-order valence-electron chi connectivity index (χ0n) is 14.0. The van der Waals surface area contributed by atoms with E-state index in [4.69, 9.17) is 4.42 Å². The molecule has 0 saturated heterocycles. The molecule has 2 amide bonds. The van der Waals surface area contributed by atoms with Gasteiger partial charge < -0.3 is 15.1 Å². The van der Waals surface area contributed by atoms with Gasteiger partial charge in [0.2, 0.25) is 11.8 Å². The number of hydrogen-bond donors (Lipinski definition) is 2. The minimum atomic E-state index is -0.260. The van der Waals surface area contributed by atoms with Gasteiger partial charge in [-0.3, -0.25) is 9.59 Å². The van der Waals surface area contributed by atoms with Crippen molar-refractivity contribution < 1.29 is 14.0 Å². The van der Waals surface area contributed by atoms with Gasteiger partial charge in [-0.2, -0.15) is 0 Å². The number of nitrogens with one attached hydrogen (secondary N) is 2. The SMILES string of the molecule is CC(=O)Nc1ccc(NC(=O)/C=C/c2cc3cc(C)ccc3o2)cc1. The maximum atomic E-state index is 12.0. The molecule has 1 aromatic heterocycles. The molecule has 0 bridgehead atoms. The molecule has 0 fully saturated rings. The largest absolute Gasteiger partial charge is 0.457 e. The quantitative estimate of drug-likeness (QED) is 0.697. The van der Waals surface area contributed by atoms with Crippen molar-refractivity contribution in [2.75, 3.05) is 10.6 Å². The van der Waals surface area contributed by atoms with Crippen molar-refractivity contribution in [3.63, 3.8) is 0 Å². The molecule has 0 aliphatic carbocycles. The summed E-state index contributed by atoms with van der Waals surface area (Å²) in [5, 5.41) is 6.43. The van der Waals surface area contributed by atoms with Crippen molar-refractivity contribution in [3.05, 3.63) is 65.9 Å². The van der Waals surface area contributed by atoms with Gasteiger partial charge in [0.15, 0.2) is 0 Å². The summed E-state index contributed by atoms with van der Waals surface area (Å²) in [5.41, 5.74) is 3.27. The lowest BCUT2D eigenvalue weighted by Gasteiger charge is -2.04. The van der Waals surface area contributed by atoms with Crippen LogP contribution in [0.5, 0.6) is 0 Å². The lowest BCUT2D eigenvalue weighted by Crippen LogP contribution is -2.08. The van der Waals surface area contributed by atoms with E-state index in [-0.39, 0.29) is 11.8 Å². The average Bonchev–Trinajstić information content (AvgIpc) is 2.96. The summed E-state index contributed by atoms with van der Waals surface area (Å²) in [6.45, 7) is 3.46. The van der Waals surface area contributed by atoms with Crippen LogP contribution in [0, 0.1) is 6.92 Å². The molecular weight excluding hydrogens is 316 g/mol. The van der Waals surface area contributed by atoms with Gasteiger partial charge in [0.25, 0.3) is 0 Å². The maximum Gasteiger partial charge on any atom is 0.248 e. The van der Waals surface area contributed by atoms with Crippen LogP contribution in [0.1, 0.15) is 18.2 Å². The Kier molecular flexibility index (Phi) is 4.66. The Morgan fingerprint density at radius 1 is 0.960 bits per heavy atom. The van der Waals surface area contributed by atoms with E-state index in [1.165, 1.54) is 13.0 Å². The second-order valence-electron chi connectivity index (χ2n) is 5.77. The third-order valence-electron chi connectivity index (χ3n) is 3.56. The van der Waals surface area contributed by atoms with Gasteiger partial charge in [0, 0.05) is 29.8 Å². The van der Waals surface area contributed by atoms with E-state index < -0.39 is 0 Å². The Bertz CT molecular complexity index is 953. The number of anilines is 2. The van der Waals surface area contributed by atoms with Gasteiger partial charge in [0.05, 0.1) is 0 Å². The lowest BCUT2D eigenvalue weighted by atomic mass is 10.2. The normalized spacial score (nSPS) is 11.0. The topological polar surface area (TPSA) is 71.3 Å². The van der Waals surface area contributed by atoms with Crippen molar-refractivity contribution in [3.8, 4) is 0 Å². The van der Waals surface area contributed by atoms with Crippen molar-refractivity contribution >= 4 is 40.2 Å². The Labute approximate surface area is 145 Å². The molecule has 126 valence electrons. The number of amides is 2. The number of furan rings is 1. The highest BCUT2D eigenvalue weighted by atomic mass is 16.3. The number of hydrogen-bond acceptors (Lipinski definition) is 3. The summed E-state index contributed by atoms with van der Waals surface area (Å²) in [7, 11) is 0. The average molecular weight is 334 g/mol. The van der Waals surface area contributed by atoms with Gasteiger partial charge in [-0.25, -0.2) is 0 Å². The van der Waals surface area contributed by atoms with Crippen LogP contribution < -0.4 is 10.6 Å². The Morgan fingerprint density at radius 3 is 2.32 bits per heavy atom. The van der Waals surface area contributed by atoms with Crippen molar-refractivity contribution in [1.29, 1.82) is 0 Å². The second-order valence-corrected chi connectivity index (χ2v) is 5.77. The molecule has 2 aromatic carbocycles. The van der Waals surface area contributed by atoms with Crippen molar-refractivity contribution in [2.24, 2.45) is 0 Å². The van der Waals surface area contributed by atoms with Crippen LogP contribution >= 0.6 is 0 Å². The molecule has 0 radical (unpaired) electrons. The molecule has 5 nitrogen and oxygen atoms in total. The van der Waals surface area contributed by atoms with E-state index in [9.17, 15) is 9.59 Å². The molecule has 25 heavy (non-hydrogen) atoms. The molecule has 0 unspecified atom stereocenters. The van der Waals surface area contributed by atoms with E-state index in [1.54, 1.807) is 30.3 Å². The maximum absolute atomic E-state index is 12.0. The van der Waals surface area contributed by atoms with Crippen LogP contribution in [0.2, 0.25) is 0 Å². The predicted octanol–water partition coefficient (Wildman–Crippen LogP) is 4.35. The number of carbonyl (C=O) groups is 2. The molecule has 0 spiro atoms. The van der Waals surface area contributed by atoms with Gasteiger partial charge in [-0.15, -0.1) is 0 Å². The molecule has 2 N–H and O–H groups in total. The van der Waals surface area contributed by atoms with Crippen LogP contribution in [0.4, 0.5) is 11.4 Å². The summed E-state index contributed by atoms with van der Waals surface area (Å²) in [5.74, 6) is 0.224.